The van der Waals surface area contributed by atoms with E-state index in [0.29, 0.717) is 13.1 Å². The normalized spacial score (nSPS) is 19.6. The van der Waals surface area contributed by atoms with Gasteiger partial charge in [-0.05, 0) is 24.6 Å². The van der Waals surface area contributed by atoms with Gasteiger partial charge in [-0.15, -0.1) is 0 Å². The quantitative estimate of drug-likeness (QED) is 0.742. The summed E-state index contributed by atoms with van der Waals surface area (Å²) in [5.41, 5.74) is 1.26. The molecule has 0 saturated carbocycles. The Kier molecular flexibility index (Phi) is 4.01. The molecule has 0 bridgehead atoms. The topological polar surface area (TPSA) is 87.7 Å². The van der Waals surface area contributed by atoms with Gasteiger partial charge in [-0.3, -0.25) is 0 Å². The van der Waals surface area contributed by atoms with Crippen LogP contribution in [0.5, 0.6) is 0 Å². The van der Waals surface area contributed by atoms with Gasteiger partial charge in [0.1, 0.15) is 6.10 Å². The molecule has 0 aliphatic carbocycles. The number of carboxylic acids is 1. The highest BCUT2D eigenvalue weighted by molar-refractivity contribution is 5.87. The minimum Gasteiger partial charge on any atom is -0.478 e. The third kappa shape index (κ3) is 3.45. The number of rotatable bonds is 5. The van der Waals surface area contributed by atoms with Crippen LogP contribution in [0.4, 0.5) is 4.79 Å². The summed E-state index contributed by atoms with van der Waals surface area (Å²) in [5.74, 6) is -0.934. The molecule has 3 N–H and O–H groups in total. The Labute approximate surface area is 110 Å². The molecule has 0 spiro atoms. The van der Waals surface area contributed by atoms with Gasteiger partial charge in [-0.25, -0.2) is 9.59 Å². The Balaban J connectivity index is 1.87. The molecule has 1 fully saturated rings. The van der Waals surface area contributed by atoms with E-state index in [9.17, 15) is 9.59 Å². The number of carbonyl (C=O) groups excluding carboxylic acids is 1. The van der Waals surface area contributed by atoms with Crippen molar-refractivity contribution in [2.45, 2.75) is 19.1 Å². The monoisotopic (exact) mass is 264 g/mol. The zero-order valence-electron chi connectivity index (χ0n) is 10.6. The Hall–Kier alpha value is -2.08. The van der Waals surface area contributed by atoms with Crippen molar-refractivity contribution in [1.82, 2.24) is 10.6 Å². The molecule has 2 atom stereocenters. The lowest BCUT2D eigenvalue weighted by Gasteiger charge is -2.16. The molecule has 1 saturated heterocycles. The number of carboxylic acid groups (broad SMARTS) is 1. The lowest BCUT2D eigenvalue weighted by molar-refractivity contribution is 0.0696. The molecule has 0 aromatic heterocycles. The minimum atomic E-state index is -0.934. The maximum Gasteiger partial charge on any atom is 0.407 e. The first-order valence-corrected chi connectivity index (χ1v) is 6.07. The van der Waals surface area contributed by atoms with E-state index in [1.165, 1.54) is 0 Å². The second kappa shape index (κ2) is 5.71. The molecule has 1 aliphatic rings. The van der Waals surface area contributed by atoms with E-state index in [0.717, 1.165) is 5.56 Å². The second-order valence-electron chi connectivity index (χ2n) is 4.47. The molecule has 2 rings (SSSR count). The van der Waals surface area contributed by atoms with Gasteiger partial charge in [0, 0.05) is 12.6 Å². The van der Waals surface area contributed by atoms with Gasteiger partial charge < -0.3 is 20.5 Å². The van der Waals surface area contributed by atoms with E-state index < -0.39 is 5.97 Å². The number of nitrogens with one attached hydrogen (secondary N) is 2. The molecular weight excluding hydrogens is 248 g/mol. The number of alkyl carbamates (subject to hydrolysis) is 1. The SMILES string of the molecule is C[C@H](NC[C@@H]1CNC(=O)O1)c1ccc(C(=O)O)cc1. The Morgan fingerprint density at radius 2 is 2.21 bits per heavy atom. The predicted octanol–water partition coefficient (Wildman–Crippen LogP) is 1.14. The molecule has 19 heavy (non-hydrogen) atoms. The summed E-state index contributed by atoms with van der Waals surface area (Å²) in [4.78, 5) is 21.6. The summed E-state index contributed by atoms with van der Waals surface area (Å²) in [7, 11) is 0. The standard InChI is InChI=1S/C13H16N2O4/c1-8(14-6-11-7-15-13(18)19-11)9-2-4-10(5-3-9)12(16)17/h2-5,8,11,14H,6-7H2,1H3,(H,15,18)(H,16,17)/t8-,11+/m0/s1. The molecule has 1 amide bonds. The predicted molar refractivity (Wildman–Crippen MR) is 68.1 cm³/mol. The van der Waals surface area contributed by atoms with Crippen molar-refractivity contribution in [3.05, 3.63) is 35.4 Å². The van der Waals surface area contributed by atoms with Crippen LogP contribution in [0.2, 0.25) is 0 Å². The number of hydrogen-bond acceptors (Lipinski definition) is 4. The van der Waals surface area contributed by atoms with Crippen molar-refractivity contribution in [3.63, 3.8) is 0 Å². The van der Waals surface area contributed by atoms with Gasteiger partial charge in [0.15, 0.2) is 0 Å². The van der Waals surface area contributed by atoms with E-state index in [2.05, 4.69) is 10.6 Å². The van der Waals surface area contributed by atoms with E-state index in [1.807, 2.05) is 6.92 Å². The number of carbonyl (C=O) groups is 2. The maximum absolute atomic E-state index is 10.9. The van der Waals surface area contributed by atoms with Crippen molar-refractivity contribution in [2.24, 2.45) is 0 Å². The number of ether oxygens (including phenoxy) is 1. The van der Waals surface area contributed by atoms with Gasteiger partial charge >= 0.3 is 12.1 Å². The summed E-state index contributed by atoms with van der Waals surface area (Å²) in [6.45, 7) is 3.04. The van der Waals surface area contributed by atoms with Crippen molar-refractivity contribution in [1.29, 1.82) is 0 Å². The maximum atomic E-state index is 10.9. The van der Waals surface area contributed by atoms with Crippen molar-refractivity contribution < 1.29 is 19.4 Å². The van der Waals surface area contributed by atoms with Crippen LogP contribution in [0.1, 0.15) is 28.9 Å². The highest BCUT2D eigenvalue weighted by Gasteiger charge is 2.22. The average molecular weight is 264 g/mol. The van der Waals surface area contributed by atoms with Crippen LogP contribution in [0, 0.1) is 0 Å². The summed E-state index contributed by atoms with van der Waals surface area (Å²) in [6, 6.07) is 6.77. The first-order chi connectivity index (χ1) is 9.06. The fourth-order valence-electron chi connectivity index (χ4n) is 1.89. The molecular formula is C13H16N2O4. The lowest BCUT2D eigenvalue weighted by Crippen LogP contribution is -2.31. The zero-order chi connectivity index (χ0) is 13.8. The molecule has 0 radical (unpaired) electrons. The Bertz CT molecular complexity index is 472. The largest absolute Gasteiger partial charge is 0.478 e. The van der Waals surface area contributed by atoms with E-state index >= 15 is 0 Å². The molecule has 1 aromatic carbocycles. The minimum absolute atomic E-state index is 0.0575. The number of cyclic esters (lactones) is 1. The van der Waals surface area contributed by atoms with Gasteiger partial charge in [-0.1, -0.05) is 12.1 Å². The van der Waals surface area contributed by atoms with Crippen LogP contribution in [0.3, 0.4) is 0 Å². The molecule has 6 heteroatoms. The first kappa shape index (κ1) is 13.4. The fourth-order valence-corrected chi connectivity index (χ4v) is 1.89. The number of hydrogen-bond donors (Lipinski definition) is 3. The van der Waals surface area contributed by atoms with E-state index in [4.69, 9.17) is 9.84 Å². The summed E-state index contributed by atoms with van der Waals surface area (Å²) < 4.78 is 5.01. The van der Waals surface area contributed by atoms with E-state index in [1.54, 1.807) is 24.3 Å². The highest BCUT2D eigenvalue weighted by atomic mass is 16.6. The van der Waals surface area contributed by atoms with Gasteiger partial charge in [0.25, 0.3) is 0 Å². The average Bonchev–Trinajstić information content (AvgIpc) is 2.82. The van der Waals surface area contributed by atoms with Crippen LogP contribution >= 0.6 is 0 Å². The lowest BCUT2D eigenvalue weighted by atomic mass is 10.1. The first-order valence-electron chi connectivity index (χ1n) is 6.07. The second-order valence-corrected chi connectivity index (χ2v) is 4.47. The summed E-state index contributed by atoms with van der Waals surface area (Å²) >= 11 is 0. The van der Waals surface area contributed by atoms with E-state index in [-0.39, 0.29) is 23.8 Å². The van der Waals surface area contributed by atoms with Gasteiger partial charge in [0.2, 0.25) is 0 Å². The zero-order valence-corrected chi connectivity index (χ0v) is 10.6. The van der Waals surface area contributed by atoms with Crippen LogP contribution in [-0.4, -0.2) is 36.4 Å². The number of aromatic carboxylic acids is 1. The third-order valence-corrected chi connectivity index (χ3v) is 3.06. The number of benzene rings is 1. The highest BCUT2D eigenvalue weighted by Crippen LogP contribution is 2.14. The number of amides is 1. The van der Waals surface area contributed by atoms with Gasteiger partial charge in [0.05, 0.1) is 12.1 Å². The fraction of sp³-hybridized carbons (Fsp3) is 0.385. The van der Waals surface area contributed by atoms with Crippen LogP contribution < -0.4 is 10.6 Å². The van der Waals surface area contributed by atoms with Crippen molar-refractivity contribution in [2.75, 3.05) is 13.1 Å². The molecule has 102 valence electrons. The summed E-state index contributed by atoms with van der Waals surface area (Å²) in [5, 5.41) is 14.6. The van der Waals surface area contributed by atoms with Crippen molar-refractivity contribution in [3.8, 4) is 0 Å². The molecule has 6 nitrogen and oxygen atoms in total. The Morgan fingerprint density at radius 1 is 1.53 bits per heavy atom. The van der Waals surface area contributed by atoms with Crippen LogP contribution in [-0.2, 0) is 4.74 Å². The van der Waals surface area contributed by atoms with Gasteiger partial charge in [-0.2, -0.15) is 0 Å². The van der Waals surface area contributed by atoms with Crippen LogP contribution in [0.15, 0.2) is 24.3 Å². The Morgan fingerprint density at radius 3 is 2.74 bits per heavy atom. The third-order valence-electron chi connectivity index (χ3n) is 3.06. The smallest absolute Gasteiger partial charge is 0.407 e. The molecule has 1 heterocycles. The molecule has 1 aliphatic heterocycles. The molecule has 0 unspecified atom stereocenters. The molecule has 1 aromatic rings. The summed E-state index contributed by atoms with van der Waals surface area (Å²) in [6.07, 6.45) is -0.543. The van der Waals surface area contributed by atoms with Crippen LogP contribution in [0.25, 0.3) is 0 Å². The van der Waals surface area contributed by atoms with Crippen molar-refractivity contribution >= 4 is 12.1 Å².